The molecule has 6 rings (SSSR count). The molecule has 55 heavy (non-hydrogen) atoms. The molecular formula is C46H72N4O4S. The number of carboxylic acid groups (broad SMARTS) is 1. The molecule has 5 atom stereocenters. The van der Waals surface area contributed by atoms with Gasteiger partial charge in [0, 0.05) is 53.2 Å². The quantitative estimate of drug-likeness (QED) is 0.161. The number of nitrogens with two attached hydrogens (primary N) is 1. The third-order valence-electron chi connectivity index (χ3n) is 11.7. The monoisotopic (exact) mass is 777 g/mol. The number of allylic oxidation sites excluding steroid dienone is 3. The van der Waals surface area contributed by atoms with Crippen molar-refractivity contribution in [1.29, 1.82) is 0 Å². The van der Waals surface area contributed by atoms with E-state index in [0.717, 1.165) is 79.2 Å². The van der Waals surface area contributed by atoms with E-state index in [1.54, 1.807) is 0 Å². The number of nitrogens with zero attached hydrogens (tertiary/aromatic N) is 3. The lowest BCUT2D eigenvalue weighted by molar-refractivity contribution is -0.130. The number of carbonyl (C=O) groups excluding carboxylic acids is 1. The zero-order valence-corrected chi connectivity index (χ0v) is 35.7. The number of carbonyl (C=O) groups is 2. The van der Waals surface area contributed by atoms with Gasteiger partial charge in [-0.1, -0.05) is 109 Å². The lowest BCUT2D eigenvalue weighted by atomic mass is 9.76. The number of aryl methyl sites for hydroxylation is 1. The van der Waals surface area contributed by atoms with Crippen LogP contribution in [0.15, 0.2) is 53.7 Å². The number of aliphatic hydroxyl groups excluding tert-OH is 1. The molecule has 1 saturated heterocycles. The van der Waals surface area contributed by atoms with Crippen LogP contribution in [0.25, 0.3) is 17.0 Å². The Morgan fingerprint density at radius 2 is 1.62 bits per heavy atom. The normalized spacial score (nSPS) is 22.9. The van der Waals surface area contributed by atoms with E-state index in [2.05, 4.69) is 69.8 Å². The zero-order valence-electron chi connectivity index (χ0n) is 34.8. The Kier molecular flexibility index (Phi) is 20.7. The Morgan fingerprint density at radius 1 is 0.945 bits per heavy atom. The first kappa shape index (κ1) is 46.4. The molecule has 306 valence electrons. The summed E-state index contributed by atoms with van der Waals surface area (Å²) in [5, 5.41) is 16.9. The smallest absolute Gasteiger partial charge is 0.290 e. The highest BCUT2D eigenvalue weighted by molar-refractivity contribution is 8.04. The van der Waals surface area contributed by atoms with Crippen LogP contribution in [0.1, 0.15) is 142 Å². The topological polar surface area (TPSA) is 130 Å². The van der Waals surface area contributed by atoms with Crippen molar-refractivity contribution in [1.82, 2.24) is 14.9 Å². The fourth-order valence-corrected chi connectivity index (χ4v) is 9.59. The van der Waals surface area contributed by atoms with Gasteiger partial charge in [0.15, 0.2) is 5.82 Å². The summed E-state index contributed by atoms with van der Waals surface area (Å²) >= 11 is 1.84. The predicted octanol–water partition coefficient (Wildman–Crippen LogP) is 10.3. The second-order valence-electron chi connectivity index (χ2n) is 16.7. The fourth-order valence-electron chi connectivity index (χ4n) is 8.33. The largest absolute Gasteiger partial charge is 0.483 e. The Balaban J connectivity index is 0.000000400. The molecule has 4 aliphatic rings. The molecule has 1 aromatic heterocycles. The number of hydrogen-bond acceptors (Lipinski definition) is 7. The van der Waals surface area contributed by atoms with Gasteiger partial charge in [0.2, 0.25) is 5.91 Å². The van der Waals surface area contributed by atoms with Crippen LogP contribution < -0.4 is 5.73 Å². The van der Waals surface area contributed by atoms with Gasteiger partial charge in [0.05, 0.1) is 6.10 Å². The van der Waals surface area contributed by atoms with E-state index in [1.807, 2.05) is 36.0 Å². The van der Waals surface area contributed by atoms with Crippen LogP contribution in [0.3, 0.4) is 0 Å². The van der Waals surface area contributed by atoms with Crippen LogP contribution in [0, 0.1) is 23.2 Å². The Bertz CT molecular complexity index is 1460. The summed E-state index contributed by atoms with van der Waals surface area (Å²) in [5.74, 6) is 3.86. The van der Waals surface area contributed by atoms with Gasteiger partial charge < -0.3 is 20.8 Å². The lowest BCUT2D eigenvalue weighted by Gasteiger charge is -2.29. The number of thioether (sulfide) groups is 1. The van der Waals surface area contributed by atoms with Crippen molar-refractivity contribution >= 4 is 29.7 Å². The maximum atomic E-state index is 12.3. The number of benzene rings is 1. The minimum Gasteiger partial charge on any atom is -0.483 e. The van der Waals surface area contributed by atoms with Crippen molar-refractivity contribution in [2.45, 2.75) is 149 Å². The van der Waals surface area contributed by atoms with Gasteiger partial charge in [-0.25, -0.2) is 9.97 Å². The number of rotatable bonds is 10. The number of amides is 1. The maximum Gasteiger partial charge on any atom is 0.290 e. The van der Waals surface area contributed by atoms with Crippen LogP contribution in [-0.2, 0) is 16.0 Å². The molecule has 5 unspecified atom stereocenters. The number of unbranched alkanes of at least 4 members (excludes halogenated alkanes) is 1. The summed E-state index contributed by atoms with van der Waals surface area (Å²) in [7, 11) is 1.50. The van der Waals surface area contributed by atoms with E-state index in [0.29, 0.717) is 23.0 Å². The van der Waals surface area contributed by atoms with Crippen LogP contribution in [0.5, 0.6) is 0 Å². The molecule has 2 fully saturated rings. The number of aromatic nitrogens is 2. The lowest BCUT2D eigenvalue weighted by Crippen LogP contribution is -2.27. The van der Waals surface area contributed by atoms with Crippen LogP contribution in [-0.4, -0.2) is 69.0 Å². The average molecular weight is 777 g/mol. The highest BCUT2D eigenvalue weighted by Crippen LogP contribution is 2.44. The Labute approximate surface area is 337 Å². The minimum atomic E-state index is -0.276. The molecule has 3 heterocycles. The molecule has 1 amide bonds. The summed E-state index contributed by atoms with van der Waals surface area (Å²) in [6.07, 6.45) is 28.4. The maximum absolute atomic E-state index is 12.3. The van der Waals surface area contributed by atoms with Gasteiger partial charge in [0.1, 0.15) is 0 Å². The molecule has 0 spiro atoms. The molecule has 2 aliphatic carbocycles. The molecule has 1 saturated carbocycles. The Hall–Kier alpha value is -3.01. The molecule has 0 bridgehead atoms. The second kappa shape index (κ2) is 24.6. The van der Waals surface area contributed by atoms with Crippen LogP contribution in [0.2, 0.25) is 0 Å². The van der Waals surface area contributed by atoms with E-state index >= 15 is 0 Å². The van der Waals surface area contributed by atoms with Crippen molar-refractivity contribution in [3.63, 3.8) is 0 Å². The number of hydrogen-bond donors (Lipinski definition) is 3. The van der Waals surface area contributed by atoms with Gasteiger partial charge in [-0.15, -0.1) is 11.8 Å². The highest BCUT2D eigenvalue weighted by atomic mass is 32.2. The van der Waals surface area contributed by atoms with E-state index in [-0.39, 0.29) is 12.6 Å². The third kappa shape index (κ3) is 15.5. The molecule has 1 aromatic carbocycles. The van der Waals surface area contributed by atoms with Gasteiger partial charge in [-0.05, 0) is 99.6 Å². The minimum absolute atomic E-state index is 0.250. The molecule has 0 radical (unpaired) electrons. The molecular weight excluding hydrogens is 705 g/mol. The van der Waals surface area contributed by atoms with Gasteiger partial charge in [-0.2, -0.15) is 0 Å². The average Bonchev–Trinajstić information content (AvgIpc) is 3.89. The first-order valence-corrected chi connectivity index (χ1v) is 22.0. The first-order chi connectivity index (χ1) is 26.5. The van der Waals surface area contributed by atoms with Crippen molar-refractivity contribution in [2.75, 3.05) is 20.1 Å². The zero-order chi connectivity index (χ0) is 40.2. The van der Waals surface area contributed by atoms with Crippen molar-refractivity contribution in [3.8, 4) is 11.4 Å². The van der Waals surface area contributed by atoms with Crippen LogP contribution >= 0.6 is 11.8 Å². The van der Waals surface area contributed by atoms with Gasteiger partial charge in [0.25, 0.3) is 6.47 Å². The van der Waals surface area contributed by atoms with E-state index in [1.165, 1.54) is 88.0 Å². The summed E-state index contributed by atoms with van der Waals surface area (Å²) < 4.78 is 0. The first-order valence-electron chi connectivity index (χ1n) is 21.1. The summed E-state index contributed by atoms with van der Waals surface area (Å²) in [5.41, 5.74) is 9.70. The predicted molar refractivity (Wildman–Crippen MR) is 231 cm³/mol. The number of aliphatic hydroxyl groups is 1. The highest BCUT2D eigenvalue weighted by Gasteiger charge is 2.30. The molecule has 2 aromatic rings. The molecule has 2 aliphatic heterocycles. The molecule has 8 nitrogen and oxygen atoms in total. The fraction of sp³-hybridized carbons (Fsp3) is 0.652. The summed E-state index contributed by atoms with van der Waals surface area (Å²) in [6.45, 7) is 12.5. The third-order valence-corrected chi connectivity index (χ3v) is 13.7. The number of likely N-dealkylation sites (tertiary alicyclic amines) is 1. The molecule has 4 N–H and O–H groups in total. The molecule has 9 heteroatoms. The summed E-state index contributed by atoms with van der Waals surface area (Å²) in [4.78, 5) is 33.3. The van der Waals surface area contributed by atoms with E-state index in [4.69, 9.17) is 19.9 Å². The second-order valence-corrected chi connectivity index (χ2v) is 18.0. The van der Waals surface area contributed by atoms with Gasteiger partial charge in [-0.3, -0.25) is 9.59 Å². The standard InChI is InChI=1S/C34H47N3O.C10H18OS.CH5N.CH2O2/c1-2-3-7-26-8-6-9-28(14-10-26)29-17-19-30(20-18-29)32-24-35-34(36-25-32)31-15-11-27(12-16-31)13-21-33(38)37-22-4-5-23-37;1-7(11)8-5-6-9(12-8)10(2,3)4;1-2;2-1-3/h11-12,15-16,19,24-26,28-29H,2-10,13-14,17-18,20-23H2,1H3;5,7,9,11H,6H2,1-4H3;2H2,1H3;1H,(H,2,3). The van der Waals surface area contributed by atoms with Crippen molar-refractivity contribution < 1.29 is 19.8 Å². The van der Waals surface area contributed by atoms with E-state index in [9.17, 15) is 9.90 Å². The van der Waals surface area contributed by atoms with Crippen molar-refractivity contribution in [3.05, 3.63) is 64.8 Å². The van der Waals surface area contributed by atoms with Crippen LogP contribution in [0.4, 0.5) is 0 Å². The van der Waals surface area contributed by atoms with Gasteiger partial charge >= 0.3 is 0 Å². The van der Waals surface area contributed by atoms with Crippen molar-refractivity contribution in [2.24, 2.45) is 28.9 Å². The SMILES string of the molecule is CC(O)C1=CCC(C(C)(C)C)S1.CCCCC1CCCC(C2CC=C(c3cnc(-c4ccc(CCC(=O)N5CCCC5)cc4)nc3)CC2)CC1.CN.O=CO. The van der Waals surface area contributed by atoms with E-state index < -0.39 is 0 Å². The Morgan fingerprint density at radius 3 is 2.16 bits per heavy atom. The summed E-state index contributed by atoms with van der Waals surface area (Å²) in [6, 6.07) is 8.42.